The van der Waals surface area contributed by atoms with Gasteiger partial charge in [0.2, 0.25) is 0 Å². The van der Waals surface area contributed by atoms with Gasteiger partial charge in [0.25, 0.3) is 11.5 Å². The molecule has 128 valence electrons. The van der Waals surface area contributed by atoms with Crippen molar-refractivity contribution in [3.63, 3.8) is 0 Å². The van der Waals surface area contributed by atoms with E-state index in [2.05, 4.69) is 9.51 Å². The van der Waals surface area contributed by atoms with Gasteiger partial charge >= 0.3 is 7.82 Å². The molecule has 2 rings (SSSR count). The van der Waals surface area contributed by atoms with E-state index in [1.807, 2.05) is 0 Å². The third-order valence-corrected chi connectivity index (χ3v) is 3.61. The van der Waals surface area contributed by atoms with Crippen LogP contribution in [0, 0.1) is 0 Å². The molecular weight excluding hydrogens is 337 g/mol. The second kappa shape index (κ2) is 6.45. The molecule has 1 aliphatic heterocycles. The van der Waals surface area contributed by atoms with E-state index in [1.54, 1.807) is 0 Å². The average molecular weight is 351 g/mol. The van der Waals surface area contributed by atoms with Crippen molar-refractivity contribution in [1.82, 2.24) is 9.55 Å². The molecule has 1 aliphatic rings. The van der Waals surface area contributed by atoms with E-state index in [0.717, 1.165) is 17.0 Å². The van der Waals surface area contributed by atoms with Crippen molar-refractivity contribution in [2.24, 2.45) is 5.73 Å². The number of hydrogen-bond acceptors (Lipinski definition) is 8. The number of nitrogens with zero attached hydrogens (tertiary/aromatic N) is 2. The molecule has 0 unspecified atom stereocenters. The molecule has 23 heavy (non-hydrogen) atoms. The van der Waals surface area contributed by atoms with Gasteiger partial charge < -0.3 is 30.5 Å². The lowest BCUT2D eigenvalue weighted by atomic mass is 10.1. The van der Waals surface area contributed by atoms with Crippen LogP contribution in [0.2, 0.25) is 0 Å². The highest BCUT2D eigenvalue weighted by molar-refractivity contribution is 7.46. The molecule has 2 heterocycles. The van der Waals surface area contributed by atoms with Gasteiger partial charge in [-0.2, -0.15) is 0 Å². The van der Waals surface area contributed by atoms with Crippen molar-refractivity contribution < 1.29 is 38.6 Å². The molecule has 1 aromatic heterocycles. The number of aliphatic hydroxyl groups is 2. The van der Waals surface area contributed by atoms with E-state index >= 15 is 0 Å². The largest absolute Gasteiger partial charge is 0.469 e. The average Bonchev–Trinajstić information content (AvgIpc) is 2.72. The molecule has 1 aromatic rings. The number of carbonyl (C=O) groups is 1. The summed E-state index contributed by atoms with van der Waals surface area (Å²) in [6.07, 6.45) is -3.74. The van der Waals surface area contributed by atoms with E-state index in [1.165, 1.54) is 0 Å². The van der Waals surface area contributed by atoms with Gasteiger partial charge in [0, 0.05) is 12.4 Å². The Morgan fingerprint density at radius 1 is 1.43 bits per heavy atom. The molecule has 4 atom stereocenters. The lowest BCUT2D eigenvalue weighted by Gasteiger charge is -2.17. The lowest BCUT2D eigenvalue weighted by Crippen LogP contribution is -2.38. The molecule has 0 radical (unpaired) electrons. The first kappa shape index (κ1) is 17.7. The number of hydrogen-bond donors (Lipinski definition) is 5. The predicted octanol–water partition coefficient (Wildman–Crippen LogP) is -2.93. The van der Waals surface area contributed by atoms with Gasteiger partial charge in [-0.1, -0.05) is 0 Å². The van der Waals surface area contributed by atoms with Crippen LogP contribution in [0.3, 0.4) is 0 Å². The van der Waals surface area contributed by atoms with Crippen molar-refractivity contribution >= 4 is 13.7 Å². The molecule has 0 bridgehead atoms. The van der Waals surface area contributed by atoms with Crippen molar-refractivity contribution in [2.75, 3.05) is 6.61 Å². The Morgan fingerprint density at radius 2 is 2.09 bits per heavy atom. The summed E-state index contributed by atoms with van der Waals surface area (Å²) in [6.45, 7) is -0.721. The summed E-state index contributed by atoms with van der Waals surface area (Å²) in [5.74, 6) is -1.08. The molecule has 0 spiro atoms. The topological polar surface area (TPSA) is 194 Å². The molecule has 0 saturated carbocycles. The third-order valence-electron chi connectivity index (χ3n) is 3.12. The zero-order chi connectivity index (χ0) is 17.4. The number of aromatic nitrogens is 2. The first-order valence-electron chi connectivity index (χ1n) is 6.20. The Bertz CT molecular complexity index is 701. The van der Waals surface area contributed by atoms with E-state index < -0.39 is 56.1 Å². The summed E-state index contributed by atoms with van der Waals surface area (Å²) in [7, 11) is -4.80. The fraction of sp³-hybridized carbons (Fsp3) is 0.500. The van der Waals surface area contributed by atoms with Gasteiger partial charge in [0.15, 0.2) is 11.9 Å². The summed E-state index contributed by atoms with van der Waals surface area (Å²) < 4.78 is 20.9. The minimum absolute atomic E-state index is 0.590. The normalized spacial score (nSPS) is 28.0. The number of primary amides is 1. The zero-order valence-corrected chi connectivity index (χ0v) is 12.3. The second-order valence-electron chi connectivity index (χ2n) is 4.69. The predicted molar refractivity (Wildman–Crippen MR) is 70.9 cm³/mol. The maximum absolute atomic E-state index is 12.0. The summed E-state index contributed by atoms with van der Waals surface area (Å²) >= 11 is 0. The standard InChI is InChI=1S/C10H14N3O9P/c11-8(16)5-9(17)13(2-1-12-5)10-7(15)6(14)4(22-10)3-21-23(18,19)20/h1-2,4,6-7,10,14-15H,3H2,(H2,11,16)(H2,18,19,20)/t4-,6+,7+,10-/m1/s1. The molecule has 1 saturated heterocycles. The summed E-state index contributed by atoms with van der Waals surface area (Å²) in [5.41, 5.74) is 3.45. The van der Waals surface area contributed by atoms with E-state index in [0.29, 0.717) is 0 Å². The Labute approximate surface area is 128 Å². The van der Waals surface area contributed by atoms with Gasteiger partial charge in [0.05, 0.1) is 6.61 Å². The van der Waals surface area contributed by atoms with Gasteiger partial charge in [0.1, 0.15) is 18.3 Å². The Morgan fingerprint density at radius 3 is 2.65 bits per heavy atom. The van der Waals surface area contributed by atoms with E-state index in [-0.39, 0.29) is 0 Å². The summed E-state index contributed by atoms with van der Waals surface area (Å²) in [6, 6.07) is 0. The summed E-state index contributed by atoms with van der Waals surface area (Å²) in [5, 5.41) is 19.8. The van der Waals surface area contributed by atoms with Gasteiger partial charge in [-0.25, -0.2) is 9.55 Å². The van der Waals surface area contributed by atoms with E-state index in [4.69, 9.17) is 20.3 Å². The van der Waals surface area contributed by atoms with Crippen LogP contribution < -0.4 is 11.3 Å². The number of rotatable bonds is 5. The highest BCUT2D eigenvalue weighted by Crippen LogP contribution is 2.38. The minimum atomic E-state index is -4.80. The van der Waals surface area contributed by atoms with Crippen LogP contribution in [0.4, 0.5) is 0 Å². The zero-order valence-electron chi connectivity index (χ0n) is 11.4. The van der Waals surface area contributed by atoms with Crippen molar-refractivity contribution in [1.29, 1.82) is 0 Å². The smallest absolute Gasteiger partial charge is 0.387 e. The first-order chi connectivity index (χ1) is 10.6. The molecule has 12 nitrogen and oxygen atoms in total. The minimum Gasteiger partial charge on any atom is -0.387 e. The SMILES string of the molecule is NC(=O)c1nccn([C@@H]2O[C@H](COP(=O)(O)O)[C@H](O)[C@@H]2O)c1=O. The highest BCUT2D eigenvalue weighted by atomic mass is 31.2. The highest BCUT2D eigenvalue weighted by Gasteiger charge is 2.45. The van der Waals surface area contributed by atoms with Crippen molar-refractivity contribution in [3.05, 3.63) is 28.4 Å². The third kappa shape index (κ3) is 3.82. The Balaban J connectivity index is 2.25. The first-order valence-corrected chi connectivity index (χ1v) is 7.73. The molecule has 1 fully saturated rings. The van der Waals surface area contributed by atoms with Gasteiger partial charge in [-0.15, -0.1) is 0 Å². The fourth-order valence-electron chi connectivity index (χ4n) is 2.06. The van der Waals surface area contributed by atoms with Gasteiger partial charge in [-0.05, 0) is 0 Å². The second-order valence-corrected chi connectivity index (χ2v) is 5.92. The van der Waals surface area contributed by atoms with Crippen LogP contribution in [0.15, 0.2) is 17.2 Å². The van der Waals surface area contributed by atoms with Crippen LogP contribution >= 0.6 is 7.82 Å². The number of phosphoric acid groups is 1. The van der Waals surface area contributed by atoms with Crippen LogP contribution in [0.25, 0.3) is 0 Å². The molecular formula is C10H14N3O9P. The summed E-state index contributed by atoms with van der Waals surface area (Å²) in [4.78, 5) is 43.9. The molecule has 6 N–H and O–H groups in total. The lowest BCUT2D eigenvalue weighted by molar-refractivity contribution is -0.0538. The Hall–Kier alpha value is -1.66. The number of carbonyl (C=O) groups excluding carboxylic acids is 1. The maximum Gasteiger partial charge on any atom is 0.469 e. The maximum atomic E-state index is 12.0. The number of ether oxygens (including phenoxy) is 1. The van der Waals surface area contributed by atoms with Crippen LogP contribution in [-0.4, -0.2) is 60.4 Å². The number of amides is 1. The van der Waals surface area contributed by atoms with Gasteiger partial charge in [-0.3, -0.25) is 18.7 Å². The Kier molecular flexibility index (Phi) is 4.96. The number of aliphatic hydroxyl groups excluding tert-OH is 2. The molecule has 0 aliphatic carbocycles. The van der Waals surface area contributed by atoms with Crippen LogP contribution in [0.5, 0.6) is 0 Å². The van der Waals surface area contributed by atoms with Crippen LogP contribution in [-0.2, 0) is 13.8 Å². The number of phosphoric ester groups is 1. The van der Waals surface area contributed by atoms with E-state index in [9.17, 15) is 24.4 Å². The van der Waals surface area contributed by atoms with Crippen molar-refractivity contribution in [2.45, 2.75) is 24.5 Å². The van der Waals surface area contributed by atoms with Crippen LogP contribution in [0.1, 0.15) is 16.7 Å². The number of nitrogens with two attached hydrogens (primary N) is 1. The fourth-order valence-corrected chi connectivity index (χ4v) is 2.40. The van der Waals surface area contributed by atoms with Crippen molar-refractivity contribution in [3.8, 4) is 0 Å². The monoisotopic (exact) mass is 351 g/mol. The quantitative estimate of drug-likeness (QED) is 0.343. The molecule has 1 amide bonds. The molecule has 0 aromatic carbocycles. The molecule has 13 heteroatoms.